The van der Waals surface area contributed by atoms with E-state index in [0.29, 0.717) is 40.6 Å². The molecule has 2 aliphatic carbocycles. The van der Waals surface area contributed by atoms with Gasteiger partial charge >= 0.3 is 5.63 Å². The van der Waals surface area contributed by atoms with Gasteiger partial charge in [-0.3, -0.25) is 9.80 Å². The summed E-state index contributed by atoms with van der Waals surface area (Å²) in [5.41, 5.74) is 4.48. The monoisotopic (exact) mass is 494 g/mol. The quantitative estimate of drug-likeness (QED) is 0.446. The topological polar surface area (TPSA) is 56.9 Å². The van der Waals surface area contributed by atoms with Crippen LogP contribution in [0.5, 0.6) is 5.75 Å². The van der Waals surface area contributed by atoms with Crippen LogP contribution in [0.15, 0.2) is 26.9 Å². The van der Waals surface area contributed by atoms with E-state index in [9.17, 15) is 9.90 Å². The van der Waals surface area contributed by atoms with E-state index in [2.05, 4.69) is 15.9 Å². The van der Waals surface area contributed by atoms with Gasteiger partial charge in [-0.2, -0.15) is 0 Å². The van der Waals surface area contributed by atoms with Gasteiger partial charge in [-0.05, 0) is 94.3 Å². The van der Waals surface area contributed by atoms with Crippen LogP contribution in [-0.2, 0) is 19.4 Å². The molecular weight excluding hydrogens is 460 g/mol. The van der Waals surface area contributed by atoms with Gasteiger partial charge in [0.1, 0.15) is 11.3 Å². The summed E-state index contributed by atoms with van der Waals surface area (Å²) in [6.07, 6.45) is 14.0. The molecule has 0 spiro atoms. The van der Waals surface area contributed by atoms with Crippen molar-refractivity contribution >= 4 is 22.6 Å². The Balaban J connectivity index is 1.29. The van der Waals surface area contributed by atoms with Gasteiger partial charge in [0, 0.05) is 36.1 Å². The fraction of sp³-hybridized carbons (Fsp3) is 0.621. The molecule has 5 nitrogen and oxygen atoms in total. The Labute approximate surface area is 211 Å². The SMILES string of the molecule is O=c1oc2c(CN3CCCC4=C[C@H]5C[C@H](CN6CCCC[C@@H]56)[C@@H]43)c(O)c(Cl)cc2c2c1CCCC2. The maximum Gasteiger partial charge on any atom is 0.339 e. The minimum atomic E-state index is -0.238. The van der Waals surface area contributed by atoms with Gasteiger partial charge in [-0.15, -0.1) is 0 Å². The molecule has 3 fully saturated rings. The molecule has 0 amide bonds. The Bertz CT molecular complexity index is 1270. The standard InChI is InChI=1S/C29H35ClN2O3/c30-24-14-22-20-7-1-2-8-21(20)29(34)35-28(22)23(27(24)33)16-32-11-5-6-17-12-18-13-19(26(17)32)15-31-10-4-3-9-25(18)31/h12,14,18-19,25-26,33H,1-11,13,15-16H2/t18-,19+,25-,26+/m0/s1. The number of hydrogen-bond acceptors (Lipinski definition) is 5. The summed E-state index contributed by atoms with van der Waals surface area (Å²) in [6, 6.07) is 2.96. The van der Waals surface area contributed by atoms with Crippen molar-refractivity contribution in [3.63, 3.8) is 0 Å². The van der Waals surface area contributed by atoms with Crippen molar-refractivity contribution in [3.8, 4) is 5.75 Å². The molecule has 1 N–H and O–H groups in total. The summed E-state index contributed by atoms with van der Waals surface area (Å²) >= 11 is 6.58. The average molecular weight is 495 g/mol. The Morgan fingerprint density at radius 1 is 1.06 bits per heavy atom. The van der Waals surface area contributed by atoms with E-state index in [1.54, 1.807) is 5.57 Å². The summed E-state index contributed by atoms with van der Waals surface area (Å²) in [5.74, 6) is 1.40. The van der Waals surface area contributed by atoms with Crippen molar-refractivity contribution in [3.05, 3.63) is 49.8 Å². The molecular formula is C29H35ClN2O3. The largest absolute Gasteiger partial charge is 0.506 e. The van der Waals surface area contributed by atoms with Gasteiger partial charge in [0.05, 0.1) is 10.6 Å². The van der Waals surface area contributed by atoms with E-state index in [1.807, 2.05) is 6.07 Å². The van der Waals surface area contributed by atoms with Crippen LogP contribution in [0.2, 0.25) is 5.02 Å². The fourth-order valence-corrected chi connectivity index (χ4v) is 8.43. The van der Waals surface area contributed by atoms with E-state index in [0.717, 1.165) is 61.2 Å². The molecule has 35 heavy (non-hydrogen) atoms. The van der Waals surface area contributed by atoms with Crippen LogP contribution < -0.4 is 5.63 Å². The van der Waals surface area contributed by atoms with Crippen molar-refractivity contribution in [2.75, 3.05) is 19.6 Å². The number of hydrogen-bond donors (Lipinski definition) is 1. The highest BCUT2D eigenvalue weighted by Crippen LogP contribution is 2.46. The molecule has 6 heteroatoms. The zero-order valence-corrected chi connectivity index (χ0v) is 21.2. The number of aromatic hydroxyl groups is 1. The summed E-state index contributed by atoms with van der Waals surface area (Å²) in [6.45, 7) is 3.99. The molecule has 4 atom stereocenters. The number of likely N-dealkylation sites (tertiary alicyclic amines) is 1. The molecule has 0 unspecified atom stereocenters. The molecule has 1 aromatic heterocycles. The highest BCUT2D eigenvalue weighted by atomic mass is 35.5. The van der Waals surface area contributed by atoms with Gasteiger partial charge in [0.25, 0.3) is 0 Å². The summed E-state index contributed by atoms with van der Waals surface area (Å²) < 4.78 is 5.93. The zero-order valence-electron chi connectivity index (χ0n) is 20.4. The molecule has 3 saturated heterocycles. The van der Waals surface area contributed by atoms with Crippen LogP contribution in [0.3, 0.4) is 0 Å². The lowest BCUT2D eigenvalue weighted by Crippen LogP contribution is -2.59. The second-order valence-electron chi connectivity index (χ2n) is 11.6. The van der Waals surface area contributed by atoms with Crippen LogP contribution >= 0.6 is 11.6 Å². The van der Waals surface area contributed by atoms with Gasteiger partial charge in [0.15, 0.2) is 0 Å². The third-order valence-corrected chi connectivity index (χ3v) is 9.95. The van der Waals surface area contributed by atoms with Crippen molar-refractivity contribution in [2.24, 2.45) is 11.8 Å². The smallest absolute Gasteiger partial charge is 0.339 e. The summed E-state index contributed by atoms with van der Waals surface area (Å²) in [4.78, 5) is 18.2. The zero-order chi connectivity index (χ0) is 23.7. The van der Waals surface area contributed by atoms with Crippen molar-refractivity contribution in [2.45, 2.75) is 82.8 Å². The normalized spacial score (nSPS) is 30.9. The average Bonchev–Trinajstić information content (AvgIpc) is 2.88. The van der Waals surface area contributed by atoms with Gasteiger partial charge in [0.2, 0.25) is 0 Å². The number of piperidine rings is 3. The first-order valence-corrected chi connectivity index (χ1v) is 14.1. The van der Waals surface area contributed by atoms with Crippen molar-refractivity contribution in [1.82, 2.24) is 9.80 Å². The van der Waals surface area contributed by atoms with Crippen LogP contribution in [0.4, 0.5) is 0 Å². The van der Waals surface area contributed by atoms with Crippen LogP contribution in [-0.4, -0.2) is 46.6 Å². The molecule has 7 rings (SSSR count). The minimum absolute atomic E-state index is 0.0719. The minimum Gasteiger partial charge on any atom is -0.506 e. The van der Waals surface area contributed by atoms with Gasteiger partial charge in [-0.25, -0.2) is 4.79 Å². The number of phenols is 1. The number of aryl methyl sites for hydroxylation is 1. The van der Waals surface area contributed by atoms with E-state index in [1.165, 1.54) is 45.2 Å². The van der Waals surface area contributed by atoms with Crippen LogP contribution in [0.1, 0.15) is 68.1 Å². The van der Waals surface area contributed by atoms with E-state index in [-0.39, 0.29) is 11.4 Å². The second kappa shape index (κ2) is 8.64. The Hall–Kier alpha value is -1.82. The first-order chi connectivity index (χ1) is 17.1. The van der Waals surface area contributed by atoms with Crippen LogP contribution in [0, 0.1) is 11.8 Å². The first-order valence-electron chi connectivity index (χ1n) is 13.8. The fourth-order valence-electron chi connectivity index (χ4n) is 8.21. The van der Waals surface area contributed by atoms with Crippen molar-refractivity contribution < 1.29 is 9.52 Å². The second-order valence-corrected chi connectivity index (χ2v) is 12.0. The van der Waals surface area contributed by atoms with E-state index in [4.69, 9.17) is 16.0 Å². The van der Waals surface area contributed by atoms with Crippen molar-refractivity contribution in [1.29, 1.82) is 0 Å². The molecule has 1 aromatic carbocycles. The highest BCUT2D eigenvalue weighted by Gasteiger charge is 2.46. The predicted octanol–water partition coefficient (Wildman–Crippen LogP) is 5.43. The molecule has 0 radical (unpaired) electrons. The summed E-state index contributed by atoms with van der Waals surface area (Å²) in [5, 5.41) is 12.4. The van der Waals surface area contributed by atoms with E-state index < -0.39 is 0 Å². The van der Waals surface area contributed by atoms with Crippen LogP contribution in [0.25, 0.3) is 11.0 Å². The predicted molar refractivity (Wildman–Crippen MR) is 138 cm³/mol. The summed E-state index contributed by atoms with van der Waals surface area (Å²) in [7, 11) is 0. The molecule has 186 valence electrons. The molecule has 0 saturated carbocycles. The lowest BCUT2D eigenvalue weighted by Gasteiger charge is -2.54. The third-order valence-electron chi connectivity index (χ3n) is 9.66. The van der Waals surface area contributed by atoms with E-state index >= 15 is 0 Å². The lowest BCUT2D eigenvalue weighted by molar-refractivity contribution is -0.00274. The van der Waals surface area contributed by atoms with Gasteiger partial charge in [-0.1, -0.05) is 29.7 Å². The highest BCUT2D eigenvalue weighted by molar-refractivity contribution is 6.33. The number of benzene rings is 1. The Morgan fingerprint density at radius 3 is 2.80 bits per heavy atom. The Morgan fingerprint density at radius 2 is 1.91 bits per heavy atom. The van der Waals surface area contributed by atoms with Gasteiger partial charge < -0.3 is 9.52 Å². The molecule has 4 heterocycles. The maximum absolute atomic E-state index is 12.9. The molecule has 3 aliphatic heterocycles. The molecule has 2 bridgehead atoms. The number of fused-ring (bicyclic) bond motifs is 9. The number of rotatable bonds is 2. The number of nitrogens with zero attached hydrogens (tertiary/aromatic N) is 2. The number of halogens is 1. The molecule has 2 aromatic rings. The Kier molecular flexibility index (Phi) is 5.52. The first kappa shape index (κ1) is 22.4. The maximum atomic E-state index is 12.9. The third kappa shape index (κ3) is 3.60. The lowest BCUT2D eigenvalue weighted by atomic mass is 9.68. The number of phenolic OH excluding ortho intramolecular Hbond substituents is 1. The molecule has 5 aliphatic rings.